The van der Waals surface area contributed by atoms with E-state index in [-0.39, 0.29) is 25.5 Å². The van der Waals surface area contributed by atoms with Gasteiger partial charge in [-0.3, -0.25) is 14.4 Å². The van der Waals surface area contributed by atoms with Crippen molar-refractivity contribution < 1.29 is 19.1 Å². The van der Waals surface area contributed by atoms with Crippen LogP contribution < -0.4 is 9.64 Å². The molecule has 0 atom stereocenters. The molecular weight excluding hydrogens is 581 g/mol. The Morgan fingerprint density at radius 2 is 1.65 bits per heavy atom. The van der Waals surface area contributed by atoms with Crippen LogP contribution in [-0.2, 0) is 20.9 Å². The fraction of sp³-hybridized carbons (Fsp3) is 0.222. The zero-order valence-electron chi connectivity index (χ0n) is 20.2. The SMILES string of the molecule is Cc1ccc(N2CCN(C(=O)C(=O)N(C)Cc3ccc(Oc4ccc(Cl)c(Cl)c4)cc3Br)CC2=O)cc1. The number of aryl methyl sites for hydroxylation is 1. The monoisotopic (exact) mass is 603 g/mol. The second-order valence-corrected chi connectivity index (χ2v) is 10.4. The third-order valence-corrected chi connectivity index (χ3v) is 7.42. The number of ether oxygens (including phenoxy) is 1. The van der Waals surface area contributed by atoms with Crippen LogP contribution in [0.25, 0.3) is 0 Å². The van der Waals surface area contributed by atoms with E-state index in [1.165, 1.54) is 9.80 Å². The minimum atomic E-state index is -0.699. The highest BCUT2D eigenvalue weighted by atomic mass is 79.9. The topological polar surface area (TPSA) is 70.2 Å². The number of halogens is 3. The van der Waals surface area contributed by atoms with Crippen molar-refractivity contribution in [3.05, 3.63) is 86.3 Å². The third-order valence-electron chi connectivity index (χ3n) is 5.94. The molecule has 3 amide bonds. The third kappa shape index (κ3) is 6.44. The van der Waals surface area contributed by atoms with E-state index in [1.54, 1.807) is 48.3 Å². The van der Waals surface area contributed by atoms with Gasteiger partial charge in [0.1, 0.15) is 18.0 Å². The van der Waals surface area contributed by atoms with Gasteiger partial charge in [0.2, 0.25) is 5.91 Å². The van der Waals surface area contributed by atoms with Crippen molar-refractivity contribution in [3.8, 4) is 11.5 Å². The summed E-state index contributed by atoms with van der Waals surface area (Å²) in [4.78, 5) is 42.7. The van der Waals surface area contributed by atoms with Crippen molar-refractivity contribution >= 4 is 62.5 Å². The van der Waals surface area contributed by atoms with Gasteiger partial charge in [-0.15, -0.1) is 0 Å². The average Bonchev–Trinajstić information content (AvgIpc) is 2.87. The first-order valence-corrected chi connectivity index (χ1v) is 13.0. The predicted octanol–water partition coefficient (Wildman–Crippen LogP) is 5.69. The van der Waals surface area contributed by atoms with E-state index in [0.29, 0.717) is 32.6 Å². The lowest BCUT2D eigenvalue weighted by Crippen LogP contribution is -2.55. The van der Waals surface area contributed by atoms with Gasteiger partial charge in [-0.05, 0) is 48.9 Å². The summed E-state index contributed by atoms with van der Waals surface area (Å²) in [7, 11) is 1.55. The molecule has 1 fully saturated rings. The molecule has 1 aliphatic heterocycles. The Morgan fingerprint density at radius 3 is 2.30 bits per heavy atom. The van der Waals surface area contributed by atoms with Crippen molar-refractivity contribution in [1.82, 2.24) is 9.80 Å². The van der Waals surface area contributed by atoms with Crippen LogP contribution in [0, 0.1) is 6.92 Å². The Bertz CT molecular complexity index is 1350. The van der Waals surface area contributed by atoms with E-state index in [1.807, 2.05) is 31.2 Å². The second-order valence-electron chi connectivity index (χ2n) is 8.70. The van der Waals surface area contributed by atoms with Crippen LogP contribution in [-0.4, -0.2) is 54.2 Å². The number of carbonyl (C=O) groups excluding carboxylic acids is 3. The van der Waals surface area contributed by atoms with Gasteiger partial charge in [0.05, 0.1) is 10.0 Å². The lowest BCUT2D eigenvalue weighted by molar-refractivity contribution is -0.152. The maximum Gasteiger partial charge on any atom is 0.312 e. The number of amides is 3. The Morgan fingerprint density at radius 1 is 0.973 bits per heavy atom. The smallest absolute Gasteiger partial charge is 0.312 e. The van der Waals surface area contributed by atoms with E-state index in [4.69, 9.17) is 27.9 Å². The van der Waals surface area contributed by atoms with E-state index in [0.717, 1.165) is 16.8 Å². The molecule has 0 spiro atoms. The molecule has 3 aromatic carbocycles. The van der Waals surface area contributed by atoms with E-state index in [9.17, 15) is 14.4 Å². The first-order valence-electron chi connectivity index (χ1n) is 11.4. The summed E-state index contributed by atoms with van der Waals surface area (Å²) in [6, 6.07) is 17.9. The Labute approximate surface area is 233 Å². The highest BCUT2D eigenvalue weighted by Gasteiger charge is 2.32. The van der Waals surface area contributed by atoms with E-state index >= 15 is 0 Å². The zero-order valence-corrected chi connectivity index (χ0v) is 23.3. The van der Waals surface area contributed by atoms with E-state index in [2.05, 4.69) is 15.9 Å². The molecule has 0 radical (unpaired) electrons. The largest absolute Gasteiger partial charge is 0.457 e. The average molecular weight is 605 g/mol. The molecule has 3 aromatic rings. The molecule has 0 N–H and O–H groups in total. The molecule has 4 rings (SSSR count). The summed E-state index contributed by atoms with van der Waals surface area (Å²) in [5, 5.41) is 0.822. The number of nitrogens with zero attached hydrogens (tertiary/aromatic N) is 3. The van der Waals surface area contributed by atoms with Gasteiger partial charge in [-0.2, -0.15) is 0 Å². The number of hydrogen-bond donors (Lipinski definition) is 0. The van der Waals surface area contributed by atoms with Crippen LogP contribution in [0.15, 0.2) is 65.1 Å². The molecule has 37 heavy (non-hydrogen) atoms. The fourth-order valence-corrected chi connectivity index (χ4v) is 4.64. The molecule has 1 saturated heterocycles. The summed E-state index contributed by atoms with van der Waals surface area (Å²) in [6.45, 7) is 2.63. The van der Waals surface area contributed by atoms with Crippen LogP contribution in [0.1, 0.15) is 11.1 Å². The van der Waals surface area contributed by atoms with Crippen molar-refractivity contribution in [2.75, 3.05) is 31.6 Å². The quantitative estimate of drug-likeness (QED) is 0.351. The lowest BCUT2D eigenvalue weighted by Gasteiger charge is -2.34. The first-order chi connectivity index (χ1) is 17.6. The number of hydrogen-bond acceptors (Lipinski definition) is 4. The minimum absolute atomic E-state index is 0.142. The predicted molar refractivity (Wildman–Crippen MR) is 147 cm³/mol. The number of carbonyl (C=O) groups is 3. The van der Waals surface area contributed by atoms with Crippen LogP contribution in [0.2, 0.25) is 10.0 Å². The standard InChI is InChI=1S/C27H24BrCl2N3O4/c1-17-3-6-19(7-4-17)33-12-11-32(16-25(33)34)27(36)26(35)31(2)15-18-5-8-20(13-22(18)28)37-21-9-10-23(29)24(30)14-21/h3-10,13-14H,11-12,15-16H2,1-2H3. The highest BCUT2D eigenvalue weighted by molar-refractivity contribution is 9.10. The molecular formula is C27H24BrCl2N3O4. The molecule has 0 aliphatic carbocycles. The first kappa shape index (κ1) is 27.0. The summed E-state index contributed by atoms with van der Waals surface area (Å²) in [6.07, 6.45) is 0. The Kier molecular flexibility index (Phi) is 8.42. The van der Waals surface area contributed by atoms with Crippen LogP contribution in [0.4, 0.5) is 5.69 Å². The molecule has 10 heteroatoms. The normalized spacial score (nSPS) is 13.5. The van der Waals surface area contributed by atoms with Crippen molar-refractivity contribution in [3.63, 3.8) is 0 Å². The maximum absolute atomic E-state index is 12.9. The van der Waals surface area contributed by atoms with Crippen molar-refractivity contribution in [2.24, 2.45) is 0 Å². The van der Waals surface area contributed by atoms with Crippen LogP contribution in [0.5, 0.6) is 11.5 Å². The Hall–Kier alpha value is -3.07. The molecule has 1 heterocycles. The minimum Gasteiger partial charge on any atom is -0.457 e. The zero-order chi connectivity index (χ0) is 26.7. The van der Waals surface area contributed by atoms with Crippen molar-refractivity contribution in [2.45, 2.75) is 13.5 Å². The van der Waals surface area contributed by atoms with Gasteiger partial charge in [0.25, 0.3) is 0 Å². The molecule has 1 aliphatic rings. The van der Waals surface area contributed by atoms with Crippen molar-refractivity contribution in [1.29, 1.82) is 0 Å². The number of piperazine rings is 1. The molecule has 0 saturated carbocycles. The summed E-state index contributed by atoms with van der Waals surface area (Å²) in [5.74, 6) is -0.512. The highest BCUT2D eigenvalue weighted by Crippen LogP contribution is 2.31. The number of likely N-dealkylation sites (N-methyl/N-ethyl adjacent to an activating group) is 1. The molecule has 0 unspecified atom stereocenters. The Balaban J connectivity index is 1.35. The van der Waals surface area contributed by atoms with Gasteiger partial charge in [-0.1, -0.05) is 62.9 Å². The van der Waals surface area contributed by atoms with E-state index < -0.39 is 11.8 Å². The fourth-order valence-electron chi connectivity index (χ4n) is 3.87. The lowest BCUT2D eigenvalue weighted by atomic mass is 10.2. The summed E-state index contributed by atoms with van der Waals surface area (Å²) < 4.78 is 6.53. The van der Waals surface area contributed by atoms with Gasteiger partial charge in [0.15, 0.2) is 0 Å². The molecule has 0 bridgehead atoms. The summed E-state index contributed by atoms with van der Waals surface area (Å²) in [5.41, 5.74) is 2.66. The maximum atomic E-state index is 12.9. The van der Waals surface area contributed by atoms with Gasteiger partial charge < -0.3 is 19.4 Å². The van der Waals surface area contributed by atoms with Gasteiger partial charge >= 0.3 is 11.8 Å². The molecule has 0 aromatic heterocycles. The van der Waals surface area contributed by atoms with Crippen LogP contribution in [0.3, 0.4) is 0 Å². The number of anilines is 1. The molecule has 7 nitrogen and oxygen atoms in total. The number of rotatable bonds is 5. The van der Waals surface area contributed by atoms with Gasteiger partial charge in [-0.25, -0.2) is 0 Å². The van der Waals surface area contributed by atoms with Crippen LogP contribution >= 0.6 is 39.1 Å². The summed E-state index contributed by atoms with van der Waals surface area (Å²) >= 11 is 15.5. The number of benzene rings is 3. The van der Waals surface area contributed by atoms with Gasteiger partial charge in [0, 0.05) is 42.9 Å². The second kappa shape index (κ2) is 11.5. The molecule has 192 valence electrons.